The van der Waals surface area contributed by atoms with E-state index in [0.29, 0.717) is 24.3 Å². The Labute approximate surface area is 233 Å². The van der Waals surface area contributed by atoms with Gasteiger partial charge in [0.2, 0.25) is 0 Å². The van der Waals surface area contributed by atoms with Crippen molar-refractivity contribution in [3.05, 3.63) is 113 Å². The van der Waals surface area contributed by atoms with E-state index in [1.54, 1.807) is 12.1 Å². The number of rotatable bonds is 12. The van der Waals surface area contributed by atoms with E-state index < -0.39 is 11.5 Å². The summed E-state index contributed by atoms with van der Waals surface area (Å²) in [7, 11) is 0. The number of carbonyl (C=O) groups excluding carboxylic acids is 1. The molecule has 0 saturated carbocycles. The van der Waals surface area contributed by atoms with Crippen LogP contribution in [0.15, 0.2) is 95.9 Å². The molecule has 4 aromatic rings. The smallest absolute Gasteiger partial charge is 0.152 e. The average Bonchev–Trinajstić information content (AvgIpc) is 3.42. The Morgan fingerprint density at radius 1 is 0.846 bits per heavy atom. The monoisotopic (exact) mass is 539 g/mol. The normalized spacial score (nSPS) is 14.9. The van der Waals surface area contributed by atoms with Gasteiger partial charge in [-0.05, 0) is 58.5 Å². The van der Waals surface area contributed by atoms with Crippen molar-refractivity contribution in [2.24, 2.45) is 0 Å². The van der Waals surface area contributed by atoms with Crippen molar-refractivity contribution in [3.63, 3.8) is 0 Å². The molecule has 0 spiro atoms. The maximum Gasteiger partial charge on any atom is 0.152 e. The molecule has 1 heterocycles. The van der Waals surface area contributed by atoms with Crippen LogP contribution < -0.4 is 16.0 Å². The van der Waals surface area contributed by atoms with Crippen LogP contribution in [0.2, 0.25) is 0 Å². The van der Waals surface area contributed by atoms with Gasteiger partial charge in [0.05, 0.1) is 11.8 Å². The van der Waals surface area contributed by atoms with Gasteiger partial charge >= 0.3 is 0 Å². The van der Waals surface area contributed by atoms with Crippen molar-refractivity contribution in [1.29, 1.82) is 0 Å². The minimum atomic E-state index is -0.747. The quantitative estimate of drug-likeness (QED) is 0.0953. The summed E-state index contributed by atoms with van der Waals surface area (Å²) in [5, 5.41) is 30.3. The van der Waals surface area contributed by atoms with Gasteiger partial charge in [-0.25, -0.2) is 0 Å². The lowest BCUT2D eigenvalue weighted by Crippen LogP contribution is -2.24. The Balaban J connectivity index is 1.13. The maximum absolute atomic E-state index is 11.2. The maximum atomic E-state index is 11.2. The van der Waals surface area contributed by atoms with Crippen molar-refractivity contribution >= 4 is 23.7 Å². The van der Waals surface area contributed by atoms with Gasteiger partial charge in [-0.1, -0.05) is 90.6 Å². The molecular formula is C32H33N3O3S. The third-order valence-electron chi connectivity index (χ3n) is 6.80. The van der Waals surface area contributed by atoms with Gasteiger partial charge in [-0.15, -0.1) is 0 Å². The van der Waals surface area contributed by atoms with E-state index in [-0.39, 0.29) is 5.75 Å². The lowest BCUT2D eigenvalue weighted by molar-refractivity contribution is -0.107. The largest absolute Gasteiger partial charge is 0.506 e. The molecule has 0 aliphatic carbocycles. The third-order valence-corrected chi connectivity index (χ3v) is 7.96. The van der Waals surface area contributed by atoms with E-state index in [2.05, 4.69) is 88.7 Å². The van der Waals surface area contributed by atoms with E-state index in [0.717, 1.165) is 30.7 Å². The van der Waals surface area contributed by atoms with E-state index in [1.165, 1.54) is 39.6 Å². The van der Waals surface area contributed by atoms with Crippen LogP contribution in [0.5, 0.6) is 5.75 Å². The topological polar surface area (TPSA) is 93.6 Å². The van der Waals surface area contributed by atoms with E-state index in [1.807, 2.05) is 6.07 Å². The van der Waals surface area contributed by atoms with Crippen LogP contribution in [0.1, 0.15) is 28.4 Å². The number of carbonyl (C=O) groups is 1. The van der Waals surface area contributed by atoms with Gasteiger partial charge in [0.15, 0.2) is 6.29 Å². The molecule has 5 N–H and O–H groups in total. The summed E-state index contributed by atoms with van der Waals surface area (Å²) in [6.07, 6.45) is 0.880. The van der Waals surface area contributed by atoms with Crippen LogP contribution in [-0.2, 0) is 24.3 Å². The van der Waals surface area contributed by atoms with Gasteiger partial charge in [0, 0.05) is 24.5 Å². The zero-order valence-electron chi connectivity index (χ0n) is 21.6. The lowest BCUT2D eigenvalue weighted by Gasteiger charge is -2.16. The number of aldehydes is 1. The van der Waals surface area contributed by atoms with Gasteiger partial charge in [0.1, 0.15) is 11.1 Å². The number of phenols is 1. The summed E-state index contributed by atoms with van der Waals surface area (Å²) in [6.45, 7) is 2.74. The molecule has 1 unspecified atom stereocenters. The summed E-state index contributed by atoms with van der Waals surface area (Å²) < 4.78 is 0. The number of nitrogens with one attached hydrogen (secondary N) is 3. The number of benzene rings is 4. The fourth-order valence-corrected chi connectivity index (χ4v) is 5.88. The summed E-state index contributed by atoms with van der Waals surface area (Å²) >= 11 is 1.31. The first-order chi connectivity index (χ1) is 19.1. The molecule has 1 aliphatic rings. The molecule has 7 heteroatoms. The molecule has 0 bridgehead atoms. The van der Waals surface area contributed by atoms with Crippen LogP contribution in [0.25, 0.3) is 11.1 Å². The molecule has 0 amide bonds. The fraction of sp³-hybridized carbons (Fsp3) is 0.219. The van der Waals surface area contributed by atoms with E-state index >= 15 is 0 Å². The molecule has 1 aliphatic heterocycles. The molecule has 200 valence electrons. The van der Waals surface area contributed by atoms with Crippen LogP contribution in [-0.4, -0.2) is 35.0 Å². The molecule has 0 radical (unpaired) electrons. The second kappa shape index (κ2) is 13.0. The van der Waals surface area contributed by atoms with Crippen LogP contribution in [0.3, 0.4) is 0 Å². The summed E-state index contributed by atoms with van der Waals surface area (Å²) in [5.74, 6) is 0.0830. The molecule has 5 rings (SSSR count). The minimum absolute atomic E-state index is 0.0830. The van der Waals surface area contributed by atoms with Gasteiger partial charge in [0.25, 0.3) is 0 Å². The summed E-state index contributed by atoms with van der Waals surface area (Å²) in [5.41, 5.74) is 7.35. The van der Waals surface area contributed by atoms with Crippen molar-refractivity contribution in [1.82, 2.24) is 10.6 Å². The first kappa shape index (κ1) is 27.0. The van der Waals surface area contributed by atoms with Crippen molar-refractivity contribution in [3.8, 4) is 16.9 Å². The van der Waals surface area contributed by atoms with Crippen molar-refractivity contribution < 1.29 is 15.0 Å². The number of aromatic hydroxyl groups is 1. The second-order valence-corrected chi connectivity index (χ2v) is 10.8. The van der Waals surface area contributed by atoms with Crippen LogP contribution in [0.4, 0.5) is 5.69 Å². The molecule has 0 saturated heterocycles. The second-order valence-electron chi connectivity index (χ2n) is 9.66. The lowest BCUT2D eigenvalue weighted by atomic mass is 10.00. The number of aliphatic hydroxyl groups excluding tert-OH is 1. The van der Waals surface area contributed by atoms with Crippen LogP contribution in [0, 0.1) is 0 Å². The molecule has 0 aromatic heterocycles. The number of fused-ring (bicyclic) bond motifs is 1. The first-order valence-corrected chi connectivity index (χ1v) is 14.0. The number of hydrogen-bond acceptors (Lipinski definition) is 7. The SMILES string of the molecule is O=CC1Nc2c(O)ccc([C@@H](O)CNCCc3cccc(-c4cccc(CNCc5ccccc5)c4)c3)c2S1. The van der Waals surface area contributed by atoms with E-state index in [9.17, 15) is 15.0 Å². The molecule has 0 fully saturated rings. The number of anilines is 1. The molecule has 39 heavy (non-hydrogen) atoms. The number of aliphatic hydroxyl groups is 1. The Morgan fingerprint density at radius 2 is 1.54 bits per heavy atom. The standard InChI is InChI=1S/C32H33N3O3S/c36-21-30-35-31-28(37)13-12-27(32(31)39-30)29(38)20-33-15-14-22-8-4-10-25(16-22)26-11-5-9-24(17-26)19-34-18-23-6-2-1-3-7-23/h1-13,16-17,21,29-30,33-35,37-38H,14-15,18-20H2/t29-,30?/m0/s1. The highest BCUT2D eigenvalue weighted by atomic mass is 32.2. The molecule has 4 aromatic carbocycles. The van der Waals surface area contributed by atoms with Crippen molar-refractivity contribution in [2.75, 3.05) is 18.4 Å². The Bertz CT molecular complexity index is 1410. The number of hydrogen-bond donors (Lipinski definition) is 5. The minimum Gasteiger partial charge on any atom is -0.506 e. The molecule has 6 nitrogen and oxygen atoms in total. The van der Waals surface area contributed by atoms with Gasteiger partial charge < -0.3 is 31.0 Å². The number of thioether (sulfide) groups is 1. The number of phenolic OH excluding ortho intramolecular Hbond substituents is 1. The highest BCUT2D eigenvalue weighted by Crippen LogP contribution is 2.46. The summed E-state index contributed by atoms with van der Waals surface area (Å²) in [4.78, 5) is 11.9. The fourth-order valence-electron chi connectivity index (χ4n) is 4.77. The van der Waals surface area contributed by atoms with Crippen LogP contribution >= 0.6 is 11.8 Å². The van der Waals surface area contributed by atoms with Crippen molar-refractivity contribution in [2.45, 2.75) is 35.9 Å². The highest BCUT2D eigenvalue weighted by molar-refractivity contribution is 8.01. The highest BCUT2D eigenvalue weighted by Gasteiger charge is 2.28. The average molecular weight is 540 g/mol. The van der Waals surface area contributed by atoms with Gasteiger partial charge in [-0.2, -0.15) is 0 Å². The summed E-state index contributed by atoms with van der Waals surface area (Å²) in [6, 6.07) is 30.9. The first-order valence-electron chi connectivity index (χ1n) is 13.2. The van der Waals surface area contributed by atoms with E-state index in [4.69, 9.17) is 0 Å². The Morgan fingerprint density at radius 3 is 2.31 bits per heavy atom. The van der Waals surface area contributed by atoms with Gasteiger partial charge in [-0.3, -0.25) is 0 Å². The Hall–Kier alpha value is -3.62. The third kappa shape index (κ3) is 6.88. The molecular weight excluding hydrogens is 506 g/mol. The zero-order chi connectivity index (χ0) is 27.0. The predicted octanol–water partition coefficient (Wildman–Crippen LogP) is 5.26. The zero-order valence-corrected chi connectivity index (χ0v) is 22.5. The predicted molar refractivity (Wildman–Crippen MR) is 158 cm³/mol. The molecule has 2 atom stereocenters. The Kier molecular flexibility index (Phi) is 8.96.